The second kappa shape index (κ2) is 7.15. The number of hydrogen-bond acceptors (Lipinski definition) is 5. The number of rotatable bonds is 6. The number of carbonyl (C=O) groups excluding carboxylic acids is 2. The molecule has 1 aliphatic heterocycles. The normalized spacial score (nSPS) is 21.4. The van der Waals surface area contributed by atoms with Crippen LogP contribution < -0.4 is 0 Å². The molecule has 0 bridgehead atoms. The van der Waals surface area contributed by atoms with Crippen LogP contribution in [-0.2, 0) is 19.1 Å². The Bertz CT molecular complexity index is 716. The van der Waals surface area contributed by atoms with Crippen molar-refractivity contribution < 1.29 is 28.6 Å². The summed E-state index contributed by atoms with van der Waals surface area (Å²) < 4.78 is 18.7. The van der Waals surface area contributed by atoms with E-state index < -0.39 is 29.0 Å². The quantitative estimate of drug-likeness (QED) is 0.615. The summed E-state index contributed by atoms with van der Waals surface area (Å²) >= 11 is 0. The van der Waals surface area contributed by atoms with Crippen LogP contribution in [0.3, 0.4) is 0 Å². The minimum absolute atomic E-state index is 0.247. The largest absolute Gasteiger partial charge is 0.478 e. The van der Waals surface area contributed by atoms with E-state index >= 15 is 0 Å². The molecule has 2 rings (SSSR count). The Hall–Kier alpha value is -2.28. The van der Waals surface area contributed by atoms with Gasteiger partial charge >= 0.3 is 11.9 Å². The van der Waals surface area contributed by atoms with Gasteiger partial charge in [-0.2, -0.15) is 0 Å². The summed E-state index contributed by atoms with van der Waals surface area (Å²) in [4.78, 5) is 37.1. The summed E-state index contributed by atoms with van der Waals surface area (Å²) in [6, 6.07) is 6.07. The number of carbonyl (C=O) groups is 3. The minimum atomic E-state index is -1.65. The Kier molecular flexibility index (Phi) is 5.51. The summed E-state index contributed by atoms with van der Waals surface area (Å²) in [5.74, 6) is -2.95. The summed E-state index contributed by atoms with van der Waals surface area (Å²) in [5.41, 5.74) is -2.09. The van der Waals surface area contributed by atoms with Crippen molar-refractivity contribution in [1.82, 2.24) is 4.90 Å². The summed E-state index contributed by atoms with van der Waals surface area (Å²) in [7, 11) is 0. The molecule has 1 saturated heterocycles. The zero-order chi connectivity index (χ0) is 19.7. The van der Waals surface area contributed by atoms with Crippen molar-refractivity contribution in [1.29, 1.82) is 0 Å². The fraction of sp³-hybridized carbons (Fsp3) is 0.526. The van der Waals surface area contributed by atoms with Gasteiger partial charge in [0, 0.05) is 24.9 Å². The fourth-order valence-electron chi connectivity index (χ4n) is 3.04. The number of ether oxygens (including phenoxy) is 1. The second-order valence-corrected chi connectivity index (χ2v) is 7.63. The van der Waals surface area contributed by atoms with E-state index in [2.05, 4.69) is 0 Å². The molecule has 1 heterocycles. The molecular weight excluding hydrogens is 341 g/mol. The van der Waals surface area contributed by atoms with Gasteiger partial charge in [-0.15, -0.1) is 0 Å². The Morgan fingerprint density at radius 3 is 2.46 bits per heavy atom. The number of carboxylic acids is 1. The van der Waals surface area contributed by atoms with Crippen LogP contribution in [0.1, 0.15) is 39.2 Å². The molecule has 26 heavy (non-hydrogen) atoms. The molecule has 0 saturated carbocycles. The van der Waals surface area contributed by atoms with Gasteiger partial charge in [0.1, 0.15) is 17.6 Å². The lowest BCUT2D eigenvalue weighted by atomic mass is 9.90. The Balaban J connectivity index is 2.21. The van der Waals surface area contributed by atoms with Crippen molar-refractivity contribution in [2.75, 3.05) is 13.1 Å². The van der Waals surface area contributed by atoms with Gasteiger partial charge in [0.15, 0.2) is 0 Å². The molecule has 1 fully saturated rings. The molecule has 2 atom stereocenters. The first-order chi connectivity index (χ1) is 12.0. The minimum Gasteiger partial charge on any atom is -0.478 e. The first-order valence-corrected chi connectivity index (χ1v) is 8.41. The van der Waals surface area contributed by atoms with Crippen LogP contribution >= 0.6 is 0 Å². The maximum absolute atomic E-state index is 13.5. The van der Waals surface area contributed by atoms with E-state index in [4.69, 9.17) is 9.84 Å². The highest BCUT2D eigenvalue weighted by Gasteiger charge is 2.47. The Labute approximate surface area is 151 Å². The molecule has 1 aliphatic rings. The molecule has 0 aromatic heterocycles. The average Bonchev–Trinajstić information content (AvgIpc) is 2.99. The molecule has 142 valence electrons. The number of nitrogens with zero attached hydrogens (tertiary/aromatic N) is 1. The van der Waals surface area contributed by atoms with Gasteiger partial charge in [-0.3, -0.25) is 9.69 Å². The van der Waals surface area contributed by atoms with Crippen molar-refractivity contribution in [2.45, 2.75) is 44.8 Å². The third kappa shape index (κ3) is 3.93. The molecule has 0 unspecified atom stereocenters. The lowest BCUT2D eigenvalue weighted by molar-refractivity contribution is -0.181. The summed E-state index contributed by atoms with van der Waals surface area (Å²) in [6.45, 7) is 6.53. The van der Waals surface area contributed by atoms with Gasteiger partial charge < -0.3 is 14.6 Å². The predicted octanol–water partition coefficient (Wildman–Crippen LogP) is 2.23. The highest BCUT2D eigenvalue weighted by atomic mass is 19.1. The molecule has 0 radical (unpaired) electrons. The first-order valence-electron chi connectivity index (χ1n) is 8.41. The van der Waals surface area contributed by atoms with E-state index in [0.29, 0.717) is 18.7 Å². The van der Waals surface area contributed by atoms with E-state index in [-0.39, 0.29) is 11.7 Å². The van der Waals surface area contributed by atoms with Crippen LogP contribution in [-0.4, -0.2) is 52.5 Å². The number of aldehydes is 1. The molecular formula is C19H24FNO5. The molecule has 0 amide bonds. The molecule has 0 aliphatic carbocycles. The van der Waals surface area contributed by atoms with E-state index in [0.717, 1.165) is 6.29 Å². The Morgan fingerprint density at radius 1 is 1.27 bits per heavy atom. The SMILES string of the molecule is CC(C)(OC(=O)C(C)(C)N1C[C@H](c2cccc(F)c2)[C@@H](C=O)C1)C(=O)O. The predicted molar refractivity (Wildman–Crippen MR) is 92.2 cm³/mol. The van der Waals surface area contributed by atoms with Crippen LogP contribution in [0, 0.1) is 11.7 Å². The molecule has 1 N–H and O–H groups in total. The number of benzene rings is 1. The highest BCUT2D eigenvalue weighted by molar-refractivity contribution is 5.85. The van der Waals surface area contributed by atoms with E-state index in [9.17, 15) is 18.8 Å². The van der Waals surface area contributed by atoms with Gasteiger partial charge in [0.05, 0.1) is 0 Å². The van der Waals surface area contributed by atoms with Crippen LogP contribution in [0.15, 0.2) is 24.3 Å². The van der Waals surface area contributed by atoms with Crippen LogP contribution in [0.25, 0.3) is 0 Å². The highest BCUT2D eigenvalue weighted by Crippen LogP contribution is 2.36. The van der Waals surface area contributed by atoms with E-state index in [1.54, 1.807) is 30.9 Å². The molecule has 0 spiro atoms. The maximum atomic E-state index is 13.5. The van der Waals surface area contributed by atoms with Gasteiger partial charge in [0.2, 0.25) is 5.60 Å². The van der Waals surface area contributed by atoms with Gasteiger partial charge in [-0.1, -0.05) is 12.1 Å². The number of hydrogen-bond donors (Lipinski definition) is 1. The zero-order valence-corrected chi connectivity index (χ0v) is 15.4. The second-order valence-electron chi connectivity index (χ2n) is 7.63. The number of esters is 1. The smallest absolute Gasteiger partial charge is 0.347 e. The average molecular weight is 365 g/mol. The molecule has 7 heteroatoms. The zero-order valence-electron chi connectivity index (χ0n) is 15.4. The van der Waals surface area contributed by atoms with Gasteiger partial charge in [-0.25, -0.2) is 9.18 Å². The Morgan fingerprint density at radius 2 is 1.92 bits per heavy atom. The molecule has 1 aromatic rings. The summed E-state index contributed by atoms with van der Waals surface area (Å²) in [6.07, 6.45) is 0.818. The number of aliphatic carboxylic acids is 1. The monoisotopic (exact) mass is 365 g/mol. The topological polar surface area (TPSA) is 83.9 Å². The summed E-state index contributed by atoms with van der Waals surface area (Å²) in [5, 5.41) is 9.15. The van der Waals surface area contributed by atoms with Gasteiger partial charge in [0.25, 0.3) is 0 Å². The van der Waals surface area contributed by atoms with Crippen LogP contribution in [0.5, 0.6) is 0 Å². The maximum Gasteiger partial charge on any atom is 0.347 e. The van der Waals surface area contributed by atoms with Crippen molar-refractivity contribution >= 4 is 18.2 Å². The van der Waals surface area contributed by atoms with Crippen LogP contribution in [0.4, 0.5) is 4.39 Å². The number of halogens is 1. The molecule has 6 nitrogen and oxygen atoms in total. The van der Waals surface area contributed by atoms with Gasteiger partial charge in [-0.05, 0) is 45.4 Å². The van der Waals surface area contributed by atoms with Crippen molar-refractivity contribution in [3.8, 4) is 0 Å². The number of carboxylic acid groups (broad SMARTS) is 1. The molecule has 1 aromatic carbocycles. The lowest BCUT2D eigenvalue weighted by Crippen LogP contribution is -2.53. The first kappa shape index (κ1) is 20.0. The van der Waals surface area contributed by atoms with Crippen molar-refractivity contribution in [3.63, 3.8) is 0 Å². The standard InChI is InChI=1S/C19H24FNO5/c1-18(2,17(25)26-19(3,4)16(23)24)21-9-13(11-22)15(10-21)12-6-5-7-14(20)8-12/h5-8,11,13,15H,9-10H2,1-4H3,(H,23,24)/t13-,15-/m1/s1. The third-order valence-corrected chi connectivity index (χ3v) is 4.97. The van der Waals surface area contributed by atoms with E-state index in [1.807, 2.05) is 0 Å². The van der Waals surface area contributed by atoms with Crippen molar-refractivity contribution in [3.05, 3.63) is 35.6 Å². The fourth-order valence-corrected chi connectivity index (χ4v) is 3.04. The number of likely N-dealkylation sites (tertiary alicyclic amines) is 1. The van der Waals surface area contributed by atoms with Crippen molar-refractivity contribution in [2.24, 2.45) is 5.92 Å². The van der Waals surface area contributed by atoms with Crippen LogP contribution in [0.2, 0.25) is 0 Å². The lowest BCUT2D eigenvalue weighted by Gasteiger charge is -2.35. The van der Waals surface area contributed by atoms with E-state index in [1.165, 1.54) is 26.0 Å². The third-order valence-electron chi connectivity index (χ3n) is 4.97.